The van der Waals surface area contributed by atoms with E-state index >= 15 is 0 Å². The van der Waals surface area contributed by atoms with E-state index < -0.39 is 4.92 Å². The predicted molar refractivity (Wildman–Crippen MR) is 75.0 cm³/mol. The Kier molecular flexibility index (Phi) is 4.74. The highest BCUT2D eigenvalue weighted by molar-refractivity contribution is 5.77. The van der Waals surface area contributed by atoms with Gasteiger partial charge in [-0.1, -0.05) is 12.1 Å². The Morgan fingerprint density at radius 3 is 2.76 bits per heavy atom. The van der Waals surface area contributed by atoms with E-state index in [9.17, 15) is 20.0 Å². The number of aliphatic hydroxyl groups excluding tert-OH is 1. The molecule has 1 fully saturated rings. The summed E-state index contributed by atoms with van der Waals surface area (Å²) in [5.74, 6) is 0.165. The SMILES string of the molecule is CN(CC1CC(O)C1)C(=O)COc1ccccc1[N+](=O)[O-]. The van der Waals surface area contributed by atoms with Gasteiger partial charge in [0, 0.05) is 19.7 Å². The van der Waals surface area contributed by atoms with Crippen molar-refractivity contribution < 1.29 is 19.6 Å². The highest BCUT2D eigenvalue weighted by Crippen LogP contribution is 2.28. The molecule has 7 nitrogen and oxygen atoms in total. The number of nitro groups is 1. The second kappa shape index (κ2) is 6.53. The lowest BCUT2D eigenvalue weighted by Crippen LogP contribution is -2.41. The van der Waals surface area contributed by atoms with Crippen LogP contribution < -0.4 is 4.74 Å². The number of para-hydroxylation sites is 2. The molecule has 0 radical (unpaired) electrons. The molecule has 21 heavy (non-hydrogen) atoms. The molecule has 1 amide bonds. The van der Waals surface area contributed by atoms with Gasteiger partial charge in [0.2, 0.25) is 0 Å². The Morgan fingerprint density at radius 1 is 1.48 bits per heavy atom. The molecule has 0 aliphatic heterocycles. The van der Waals surface area contributed by atoms with E-state index in [2.05, 4.69) is 0 Å². The van der Waals surface area contributed by atoms with Crippen LogP contribution in [0, 0.1) is 16.0 Å². The average Bonchev–Trinajstić information content (AvgIpc) is 2.43. The second-order valence-corrected chi connectivity index (χ2v) is 5.28. The minimum absolute atomic E-state index is 0.0864. The van der Waals surface area contributed by atoms with Crippen LogP contribution in [0.5, 0.6) is 5.75 Å². The molecule has 0 bridgehead atoms. The number of carbonyl (C=O) groups is 1. The number of rotatable bonds is 6. The molecule has 0 atom stereocenters. The first-order valence-corrected chi connectivity index (χ1v) is 6.75. The van der Waals surface area contributed by atoms with Gasteiger partial charge in [-0.3, -0.25) is 14.9 Å². The highest BCUT2D eigenvalue weighted by atomic mass is 16.6. The second-order valence-electron chi connectivity index (χ2n) is 5.28. The summed E-state index contributed by atoms with van der Waals surface area (Å²) >= 11 is 0. The third-order valence-corrected chi connectivity index (χ3v) is 3.58. The topological polar surface area (TPSA) is 92.9 Å². The van der Waals surface area contributed by atoms with Crippen molar-refractivity contribution in [3.05, 3.63) is 34.4 Å². The maximum Gasteiger partial charge on any atom is 0.310 e. The Morgan fingerprint density at radius 2 is 2.14 bits per heavy atom. The zero-order chi connectivity index (χ0) is 15.4. The summed E-state index contributed by atoms with van der Waals surface area (Å²) in [5.41, 5.74) is -0.157. The number of nitro benzene ring substituents is 1. The van der Waals surface area contributed by atoms with Crippen LogP contribution in [0.15, 0.2) is 24.3 Å². The van der Waals surface area contributed by atoms with Gasteiger partial charge in [0.25, 0.3) is 5.91 Å². The van der Waals surface area contributed by atoms with Crippen LogP contribution >= 0.6 is 0 Å². The van der Waals surface area contributed by atoms with Crippen LogP contribution in [-0.2, 0) is 4.79 Å². The van der Waals surface area contributed by atoms with Crippen LogP contribution in [0.4, 0.5) is 5.69 Å². The monoisotopic (exact) mass is 294 g/mol. The van der Waals surface area contributed by atoms with Crippen molar-refractivity contribution in [1.29, 1.82) is 0 Å². The van der Waals surface area contributed by atoms with Gasteiger partial charge in [0.15, 0.2) is 12.4 Å². The number of ether oxygens (including phenoxy) is 1. The molecule has 1 saturated carbocycles. The van der Waals surface area contributed by atoms with Crippen molar-refractivity contribution >= 4 is 11.6 Å². The first-order valence-electron chi connectivity index (χ1n) is 6.75. The maximum atomic E-state index is 11.9. The fourth-order valence-electron chi connectivity index (χ4n) is 2.32. The molecule has 0 aromatic heterocycles. The molecule has 0 heterocycles. The van der Waals surface area contributed by atoms with E-state index in [0.29, 0.717) is 25.3 Å². The number of hydrogen-bond donors (Lipinski definition) is 1. The quantitative estimate of drug-likeness (QED) is 0.628. The summed E-state index contributed by atoms with van der Waals surface area (Å²) in [6, 6.07) is 5.96. The summed E-state index contributed by atoms with van der Waals surface area (Å²) in [4.78, 5) is 23.7. The zero-order valence-corrected chi connectivity index (χ0v) is 11.8. The molecule has 0 unspecified atom stereocenters. The molecule has 1 N–H and O–H groups in total. The number of hydrogen-bond acceptors (Lipinski definition) is 5. The van der Waals surface area contributed by atoms with Gasteiger partial charge < -0.3 is 14.7 Å². The average molecular weight is 294 g/mol. The van der Waals surface area contributed by atoms with Gasteiger partial charge in [-0.25, -0.2) is 0 Å². The lowest BCUT2D eigenvalue weighted by atomic mass is 9.82. The van der Waals surface area contributed by atoms with Gasteiger partial charge in [-0.2, -0.15) is 0 Å². The lowest BCUT2D eigenvalue weighted by Gasteiger charge is -2.34. The van der Waals surface area contributed by atoms with Gasteiger partial charge in [0.05, 0.1) is 11.0 Å². The molecule has 1 aliphatic rings. The first-order chi connectivity index (χ1) is 9.97. The normalized spacial score (nSPS) is 20.5. The molecule has 1 aliphatic carbocycles. The summed E-state index contributed by atoms with van der Waals surface area (Å²) < 4.78 is 5.25. The fourth-order valence-corrected chi connectivity index (χ4v) is 2.32. The number of aliphatic hydroxyl groups is 1. The largest absolute Gasteiger partial charge is 0.477 e. The molecule has 114 valence electrons. The highest BCUT2D eigenvalue weighted by Gasteiger charge is 2.29. The number of likely N-dealkylation sites (N-methyl/N-ethyl adjacent to an activating group) is 1. The van der Waals surface area contributed by atoms with Gasteiger partial charge in [-0.15, -0.1) is 0 Å². The first kappa shape index (κ1) is 15.2. The van der Waals surface area contributed by atoms with Crippen molar-refractivity contribution in [3.8, 4) is 5.75 Å². The van der Waals surface area contributed by atoms with Crippen LogP contribution in [0.25, 0.3) is 0 Å². The van der Waals surface area contributed by atoms with E-state index in [0.717, 1.165) is 0 Å². The Balaban J connectivity index is 1.85. The minimum atomic E-state index is -0.542. The molecular formula is C14H18N2O5. The fraction of sp³-hybridized carbons (Fsp3) is 0.500. The van der Waals surface area contributed by atoms with E-state index in [1.54, 1.807) is 19.2 Å². The Labute approximate surface area is 122 Å². The minimum Gasteiger partial charge on any atom is -0.477 e. The third kappa shape index (κ3) is 3.91. The molecule has 1 aromatic rings. The number of amides is 1. The number of benzene rings is 1. The molecule has 2 rings (SSSR count). The number of carbonyl (C=O) groups excluding carboxylic acids is 1. The summed E-state index contributed by atoms with van der Waals surface area (Å²) in [6.45, 7) is 0.326. The molecule has 7 heteroatoms. The smallest absolute Gasteiger partial charge is 0.310 e. The standard InChI is InChI=1S/C14H18N2O5/c1-15(8-10-6-11(17)7-10)14(18)9-21-13-5-3-2-4-12(13)16(19)20/h2-5,10-11,17H,6-9H2,1H3. The van der Waals surface area contributed by atoms with E-state index in [-0.39, 0.29) is 30.1 Å². The van der Waals surface area contributed by atoms with Gasteiger partial charge >= 0.3 is 5.69 Å². The van der Waals surface area contributed by atoms with Gasteiger partial charge in [0.1, 0.15) is 0 Å². The van der Waals surface area contributed by atoms with E-state index in [1.807, 2.05) is 0 Å². The Bertz CT molecular complexity index is 528. The summed E-state index contributed by atoms with van der Waals surface area (Å²) in [5, 5.41) is 20.0. The van der Waals surface area contributed by atoms with Crippen molar-refractivity contribution in [3.63, 3.8) is 0 Å². The van der Waals surface area contributed by atoms with Gasteiger partial charge in [-0.05, 0) is 24.8 Å². The summed E-state index contributed by atoms with van der Waals surface area (Å²) in [6.07, 6.45) is 1.17. The molecule has 0 spiro atoms. The molecular weight excluding hydrogens is 276 g/mol. The predicted octanol–water partition coefficient (Wildman–Crippen LogP) is 1.20. The van der Waals surface area contributed by atoms with Crippen molar-refractivity contribution in [2.45, 2.75) is 18.9 Å². The number of nitrogens with zero attached hydrogens (tertiary/aromatic N) is 2. The van der Waals surface area contributed by atoms with Crippen molar-refractivity contribution in [2.75, 3.05) is 20.2 Å². The molecule has 0 saturated heterocycles. The van der Waals surface area contributed by atoms with Crippen molar-refractivity contribution in [2.24, 2.45) is 5.92 Å². The molecule has 1 aromatic carbocycles. The zero-order valence-electron chi connectivity index (χ0n) is 11.8. The van der Waals surface area contributed by atoms with Crippen LogP contribution in [-0.4, -0.2) is 47.1 Å². The van der Waals surface area contributed by atoms with E-state index in [4.69, 9.17) is 4.74 Å². The maximum absolute atomic E-state index is 11.9. The lowest BCUT2D eigenvalue weighted by molar-refractivity contribution is -0.385. The van der Waals surface area contributed by atoms with Crippen molar-refractivity contribution in [1.82, 2.24) is 4.90 Å². The Hall–Kier alpha value is -2.15. The third-order valence-electron chi connectivity index (χ3n) is 3.58. The van der Waals surface area contributed by atoms with Crippen LogP contribution in [0.2, 0.25) is 0 Å². The van der Waals surface area contributed by atoms with Crippen LogP contribution in [0.3, 0.4) is 0 Å². The van der Waals surface area contributed by atoms with E-state index in [1.165, 1.54) is 17.0 Å². The summed E-state index contributed by atoms with van der Waals surface area (Å²) in [7, 11) is 1.66. The van der Waals surface area contributed by atoms with Crippen LogP contribution in [0.1, 0.15) is 12.8 Å².